The number of ether oxygens (including phenoxy) is 4. The lowest BCUT2D eigenvalue weighted by Crippen LogP contribution is -2.50. The number of carbonyl (C=O) groups excluding carboxylic acids is 7. The number of rotatable bonds is 33. The number of unbranched alkanes of at least 4 members (excludes halogenated alkanes) is 3. The summed E-state index contributed by atoms with van der Waals surface area (Å²) >= 11 is 1.42. The molecule has 7 amide bonds. The number of carbonyl (C=O) groups is 7. The lowest BCUT2D eigenvalue weighted by molar-refractivity contribution is -0.123. The molecule has 0 unspecified atom stereocenters. The van der Waals surface area contributed by atoms with E-state index in [1.54, 1.807) is 124 Å². The van der Waals surface area contributed by atoms with Crippen molar-refractivity contribution in [1.82, 2.24) is 55.9 Å². The fourth-order valence-corrected chi connectivity index (χ4v) is 8.78. The van der Waals surface area contributed by atoms with Crippen LogP contribution in [0.2, 0.25) is 0 Å². The Morgan fingerprint density at radius 2 is 1.16 bits per heavy atom. The molecule has 0 fully saturated rings. The van der Waals surface area contributed by atoms with E-state index in [9.17, 15) is 38.7 Å². The number of nitrogen functional groups attached to an aromatic ring is 1. The van der Waals surface area contributed by atoms with Gasteiger partial charge in [0.1, 0.15) is 34.5 Å². The molecule has 0 aliphatic rings. The lowest BCUT2D eigenvalue weighted by Gasteiger charge is -2.29. The first-order valence-corrected chi connectivity index (χ1v) is 30.5. The van der Waals surface area contributed by atoms with Crippen molar-refractivity contribution < 1.29 is 57.6 Å². The molecule has 3 aromatic rings. The molecule has 25 nitrogen and oxygen atoms in total. The van der Waals surface area contributed by atoms with Crippen molar-refractivity contribution in [2.45, 2.75) is 189 Å². The Bertz CT molecular complexity index is 2610. The van der Waals surface area contributed by atoms with E-state index in [2.05, 4.69) is 60.7 Å². The van der Waals surface area contributed by atoms with E-state index in [1.165, 1.54) is 16.3 Å². The molecule has 2 heterocycles. The van der Waals surface area contributed by atoms with Crippen LogP contribution in [0.1, 0.15) is 164 Å². The number of nitrogens with one attached hydrogen (secondary N) is 6. The third-order valence-corrected chi connectivity index (χ3v) is 13.0. The molecule has 0 aliphatic carbocycles. The Hall–Kier alpha value is -6.99. The summed E-state index contributed by atoms with van der Waals surface area (Å²) in [5.41, 5.74) is 4.78. The van der Waals surface area contributed by atoms with Crippen LogP contribution >= 0.6 is 11.8 Å². The van der Waals surface area contributed by atoms with Gasteiger partial charge in [0.25, 0.3) is 11.9 Å². The Labute approximate surface area is 506 Å². The third-order valence-electron chi connectivity index (χ3n) is 11.9. The zero-order valence-corrected chi connectivity index (χ0v) is 53.3. The van der Waals surface area contributed by atoms with E-state index in [0.717, 1.165) is 12.8 Å². The van der Waals surface area contributed by atoms with Gasteiger partial charge in [-0.1, -0.05) is 25.5 Å². The molecule has 1 aromatic carbocycles. The molecule has 3 rings (SSSR count). The number of nitrogens with zero attached hydrogens (tertiary/aromatic N) is 6. The minimum Gasteiger partial charge on any atom is -0.480 e. The van der Waals surface area contributed by atoms with E-state index in [4.69, 9.17) is 24.7 Å². The monoisotopic (exact) mass is 1210 g/mol. The van der Waals surface area contributed by atoms with Crippen LogP contribution in [0, 0.1) is 13.3 Å². The number of fused-ring (bicyclic) bond motifs is 1. The van der Waals surface area contributed by atoms with E-state index < -0.39 is 76.6 Å². The van der Waals surface area contributed by atoms with Gasteiger partial charge in [0.2, 0.25) is 17.8 Å². The second kappa shape index (κ2) is 34.8. The molecule has 476 valence electrons. The van der Waals surface area contributed by atoms with E-state index >= 15 is 0 Å². The topological polar surface area (TPSA) is 325 Å². The largest absolute Gasteiger partial charge is 0.480 e. The van der Waals surface area contributed by atoms with Gasteiger partial charge in [0.15, 0.2) is 17.0 Å². The summed E-state index contributed by atoms with van der Waals surface area (Å²) in [5.74, 6) is -0.128. The van der Waals surface area contributed by atoms with Gasteiger partial charge in [0.05, 0.1) is 6.54 Å². The highest BCUT2D eigenvalue weighted by atomic mass is 32.2. The number of alkyl carbamates (subject to hydrolysis) is 2. The molecule has 85 heavy (non-hydrogen) atoms. The number of amides is 7. The Kier molecular flexibility index (Phi) is 29.6. The minimum atomic E-state index is -1.01. The van der Waals surface area contributed by atoms with Crippen molar-refractivity contribution in [3.8, 4) is 6.01 Å². The SMILES string of the molecule is [CH2][CH]CSC[C@H](NC(=O)OC(C)(C)C)C(=O)NCCCC[C@H](NC(=O)c1ccc(Cn2c(O)nc3c(N)nc(NCCCC)nc32)cc1)C(=O)NCCCN(CCCCN(CCCNC(=O)OC(C)(C)C)C(=O)OC(C)(C)C)C(=O)OC(C)(C)C. The zero-order valence-electron chi connectivity index (χ0n) is 52.5. The molecule has 0 spiro atoms. The number of anilines is 2. The van der Waals surface area contributed by atoms with Crippen LogP contribution in [-0.2, 0) is 35.1 Å². The van der Waals surface area contributed by atoms with Gasteiger partial charge in [-0.2, -0.15) is 26.7 Å². The van der Waals surface area contributed by atoms with Crippen LogP contribution < -0.4 is 37.6 Å². The van der Waals surface area contributed by atoms with Crippen LogP contribution in [0.25, 0.3) is 11.2 Å². The number of hydrogen-bond donors (Lipinski definition) is 8. The average molecular weight is 1210 g/mol. The van der Waals surface area contributed by atoms with Gasteiger partial charge in [-0.25, -0.2) is 19.2 Å². The molecule has 2 aromatic heterocycles. The first-order chi connectivity index (χ1) is 39.8. The molecule has 0 saturated carbocycles. The standard InChI is InChI=1S/C59H97N13O12S/c1-15-17-29-63-50-68-45(60)44-46(69-50)72(51(76)67-44)38-40-25-27-41(28-26-40)47(73)65-42(24-18-19-30-61-49(75)43(39-85-37-16-2)66-53(78)82-57(6,7)8)48(74)62-31-22-35-70(54(79)83-58(9,10)11)33-20-21-34-71(55(80)84-59(12,13)14)36-23-32-64-52(77)81-56(3,4)5/h16,25-28,42-43H,2,15,17-24,29-39H2,1,3-14H3,(H,61,75)(H,62,74)(H,64,77)(H,65,73)(H,66,78)(H,67,76)(H3,60,63,68,69)/t42-,43-/m0/s1. The Morgan fingerprint density at radius 1 is 0.647 bits per heavy atom. The van der Waals surface area contributed by atoms with E-state index in [1.807, 2.05) is 0 Å². The maximum atomic E-state index is 14.1. The summed E-state index contributed by atoms with van der Waals surface area (Å²) in [7, 11) is 0. The van der Waals surface area contributed by atoms with Crippen molar-refractivity contribution in [3.05, 3.63) is 48.7 Å². The zero-order chi connectivity index (χ0) is 63.5. The summed E-state index contributed by atoms with van der Waals surface area (Å²) in [5, 5.41) is 28.0. The molecule has 9 N–H and O–H groups in total. The van der Waals surface area contributed by atoms with E-state index in [-0.39, 0.29) is 74.4 Å². The molecular weight excluding hydrogens is 1110 g/mol. The minimum absolute atomic E-state index is 0.112. The molecule has 2 radical (unpaired) electrons. The number of thioether (sulfide) groups is 1. The quantitative estimate of drug-likeness (QED) is 0.0211. The molecule has 0 bridgehead atoms. The number of imidazole rings is 1. The molecule has 0 saturated heterocycles. The van der Waals surface area contributed by atoms with Gasteiger partial charge >= 0.3 is 24.4 Å². The van der Waals surface area contributed by atoms with Crippen LogP contribution in [0.3, 0.4) is 0 Å². The van der Waals surface area contributed by atoms with Crippen molar-refractivity contribution in [1.29, 1.82) is 0 Å². The van der Waals surface area contributed by atoms with Gasteiger partial charge in [-0.05, 0) is 171 Å². The number of aromatic nitrogens is 4. The number of nitrogens with two attached hydrogens (primary N) is 1. The fraction of sp³-hybridized carbons (Fsp3) is 0.661. The first-order valence-electron chi connectivity index (χ1n) is 29.3. The van der Waals surface area contributed by atoms with Crippen molar-refractivity contribution in [3.63, 3.8) is 0 Å². The Balaban J connectivity index is 1.74. The summed E-state index contributed by atoms with van der Waals surface area (Å²) in [6, 6.07) is 4.43. The summed E-state index contributed by atoms with van der Waals surface area (Å²) in [6.45, 7) is 29.5. The van der Waals surface area contributed by atoms with Crippen LogP contribution in [0.4, 0.5) is 30.9 Å². The highest BCUT2D eigenvalue weighted by molar-refractivity contribution is 7.99. The fourth-order valence-electron chi connectivity index (χ4n) is 8.00. The average Bonchev–Trinajstić information content (AvgIpc) is 1.94. The molecule has 26 heteroatoms. The number of benzene rings is 1. The van der Waals surface area contributed by atoms with Crippen molar-refractivity contribution in [2.75, 3.05) is 74.9 Å². The van der Waals surface area contributed by atoms with E-state index in [0.29, 0.717) is 81.1 Å². The van der Waals surface area contributed by atoms with Gasteiger partial charge in [0, 0.05) is 63.7 Å². The number of aromatic hydroxyl groups is 1. The normalized spacial score (nSPS) is 12.5. The van der Waals surface area contributed by atoms with Crippen molar-refractivity contribution in [2.24, 2.45) is 0 Å². The van der Waals surface area contributed by atoms with Crippen molar-refractivity contribution >= 4 is 76.8 Å². The summed E-state index contributed by atoms with van der Waals surface area (Å²) < 4.78 is 23.6. The van der Waals surface area contributed by atoms with Crippen LogP contribution in [0.15, 0.2) is 24.3 Å². The Morgan fingerprint density at radius 3 is 1.71 bits per heavy atom. The first kappa shape index (κ1) is 72.3. The lowest BCUT2D eigenvalue weighted by atomic mass is 10.1. The third kappa shape index (κ3) is 29.1. The molecule has 0 aliphatic heterocycles. The summed E-state index contributed by atoms with van der Waals surface area (Å²) in [4.78, 5) is 109. The van der Waals surface area contributed by atoms with Crippen LogP contribution in [-0.4, -0.2) is 175 Å². The molecule has 2 atom stereocenters. The highest BCUT2D eigenvalue weighted by Crippen LogP contribution is 2.26. The summed E-state index contributed by atoms with van der Waals surface area (Å²) in [6.07, 6.45) is 4.05. The second-order valence-corrected chi connectivity index (χ2v) is 25.6. The maximum absolute atomic E-state index is 14.1. The smallest absolute Gasteiger partial charge is 0.410 e. The van der Waals surface area contributed by atoms with Crippen LogP contribution in [0.5, 0.6) is 6.01 Å². The predicted molar refractivity (Wildman–Crippen MR) is 330 cm³/mol. The number of hydrogen-bond acceptors (Lipinski definition) is 18. The maximum Gasteiger partial charge on any atom is 0.410 e. The van der Waals surface area contributed by atoms with Gasteiger partial charge in [-0.3, -0.25) is 19.0 Å². The predicted octanol–water partition coefficient (Wildman–Crippen LogP) is 8.10. The van der Waals surface area contributed by atoms with Gasteiger partial charge < -0.3 is 71.5 Å². The molecular formula is C59H97N13O12S. The highest BCUT2D eigenvalue weighted by Gasteiger charge is 2.28. The van der Waals surface area contributed by atoms with Gasteiger partial charge in [-0.15, -0.1) is 0 Å². The second-order valence-electron chi connectivity index (χ2n) is 24.5.